The normalized spacial score (nSPS) is 13.7. The summed E-state index contributed by atoms with van der Waals surface area (Å²) in [7, 11) is 0. The number of alkyl halides is 3. The first-order valence-corrected chi connectivity index (χ1v) is 11.2. The van der Waals surface area contributed by atoms with Crippen LogP contribution in [-0.4, -0.2) is 16.1 Å². The second-order valence-corrected chi connectivity index (χ2v) is 8.78. The number of aryl methyl sites for hydroxylation is 2. The van der Waals surface area contributed by atoms with Crippen molar-refractivity contribution >= 4 is 22.4 Å². The van der Waals surface area contributed by atoms with Gasteiger partial charge < -0.3 is 9.47 Å². The molecule has 0 saturated heterocycles. The van der Waals surface area contributed by atoms with Crippen molar-refractivity contribution in [2.45, 2.75) is 46.8 Å². The van der Waals surface area contributed by atoms with E-state index in [9.17, 15) is 13.2 Å². The Labute approximate surface area is 191 Å². The summed E-state index contributed by atoms with van der Waals surface area (Å²) in [5.41, 5.74) is 8.23. The molecule has 0 unspecified atom stereocenters. The highest BCUT2D eigenvalue weighted by Gasteiger charge is 2.34. The Morgan fingerprint density at radius 3 is 2.36 bits per heavy atom. The zero-order valence-corrected chi connectivity index (χ0v) is 19.2. The van der Waals surface area contributed by atoms with Crippen molar-refractivity contribution in [3.8, 4) is 11.1 Å². The molecule has 0 radical (unpaired) electrons. The van der Waals surface area contributed by atoms with E-state index in [1.165, 1.54) is 28.3 Å². The van der Waals surface area contributed by atoms with Crippen molar-refractivity contribution in [1.29, 1.82) is 0 Å². The molecule has 1 aliphatic heterocycles. The van der Waals surface area contributed by atoms with E-state index in [0.717, 1.165) is 40.3 Å². The van der Waals surface area contributed by atoms with E-state index < -0.39 is 11.9 Å². The molecule has 0 atom stereocenters. The molecule has 0 fully saturated rings. The summed E-state index contributed by atoms with van der Waals surface area (Å²) >= 11 is 0. The molecule has 2 aromatic carbocycles. The lowest BCUT2D eigenvalue weighted by atomic mass is 9.88. The van der Waals surface area contributed by atoms with Crippen LogP contribution in [0.25, 0.3) is 22.0 Å². The van der Waals surface area contributed by atoms with E-state index in [1.807, 2.05) is 4.90 Å². The molecule has 6 heteroatoms. The van der Waals surface area contributed by atoms with Crippen LogP contribution in [0.1, 0.15) is 35.0 Å². The average Bonchev–Trinajstić information content (AvgIpc) is 3.12. The lowest BCUT2D eigenvalue weighted by Gasteiger charge is -2.34. The Morgan fingerprint density at radius 1 is 0.970 bits per heavy atom. The maximum absolute atomic E-state index is 13.4. The SMILES string of the molecule is CCc1c(C)c2c3c(cc(C)n3CCN2c2cccc(C(F)(F)F)n2)c1-c1ccc(C)cc1. The number of nitrogens with zero attached hydrogens (tertiary/aromatic N) is 3. The molecule has 1 aliphatic rings. The summed E-state index contributed by atoms with van der Waals surface area (Å²) in [4.78, 5) is 5.98. The lowest BCUT2D eigenvalue weighted by molar-refractivity contribution is -0.141. The fraction of sp³-hybridized carbons (Fsp3) is 0.296. The highest BCUT2D eigenvalue weighted by Crippen LogP contribution is 2.46. The predicted octanol–water partition coefficient (Wildman–Crippen LogP) is 7.36. The number of hydrogen-bond donors (Lipinski definition) is 0. The molecular formula is C27H26F3N3. The molecular weight excluding hydrogens is 423 g/mol. The Bertz CT molecular complexity index is 1360. The molecule has 0 N–H and O–H groups in total. The highest BCUT2D eigenvalue weighted by atomic mass is 19.4. The van der Waals surface area contributed by atoms with E-state index >= 15 is 0 Å². The van der Waals surface area contributed by atoms with Gasteiger partial charge in [0.25, 0.3) is 0 Å². The molecule has 0 bridgehead atoms. The lowest BCUT2D eigenvalue weighted by Crippen LogP contribution is -2.30. The Kier molecular flexibility index (Phi) is 5.00. The second-order valence-electron chi connectivity index (χ2n) is 8.78. The van der Waals surface area contributed by atoms with Crippen LogP contribution in [0, 0.1) is 20.8 Å². The summed E-state index contributed by atoms with van der Waals surface area (Å²) in [6.07, 6.45) is -3.65. The second kappa shape index (κ2) is 7.65. The molecule has 33 heavy (non-hydrogen) atoms. The highest BCUT2D eigenvalue weighted by molar-refractivity contribution is 6.07. The third-order valence-electron chi connectivity index (χ3n) is 6.72. The predicted molar refractivity (Wildman–Crippen MR) is 127 cm³/mol. The molecule has 3 nitrogen and oxygen atoms in total. The summed E-state index contributed by atoms with van der Waals surface area (Å²) in [6, 6.07) is 14.9. The third kappa shape index (κ3) is 3.39. The maximum Gasteiger partial charge on any atom is 0.433 e. The molecule has 0 spiro atoms. The van der Waals surface area contributed by atoms with Crippen molar-refractivity contribution in [3.05, 3.63) is 76.6 Å². The third-order valence-corrected chi connectivity index (χ3v) is 6.72. The van der Waals surface area contributed by atoms with Crippen molar-refractivity contribution in [1.82, 2.24) is 9.55 Å². The van der Waals surface area contributed by atoms with Gasteiger partial charge in [-0.2, -0.15) is 13.2 Å². The first kappa shape index (κ1) is 21.6. The van der Waals surface area contributed by atoms with E-state index in [4.69, 9.17) is 0 Å². The first-order valence-electron chi connectivity index (χ1n) is 11.2. The van der Waals surface area contributed by atoms with Gasteiger partial charge in [-0.3, -0.25) is 0 Å². The smallest absolute Gasteiger partial charge is 0.341 e. The van der Waals surface area contributed by atoms with Crippen molar-refractivity contribution in [3.63, 3.8) is 0 Å². The number of benzene rings is 2. The van der Waals surface area contributed by atoms with Gasteiger partial charge in [0.15, 0.2) is 0 Å². The van der Waals surface area contributed by atoms with Crippen LogP contribution in [0.2, 0.25) is 0 Å². The standard InChI is InChI=1S/C27H26F3N3/c1-5-20-18(4)25-26-21(24(20)19-11-9-16(2)10-12-19)15-17(3)32(26)13-14-33(25)23-8-6-7-22(31-23)27(28,29)30/h6-12,15H,5,13-14H2,1-4H3. The van der Waals surface area contributed by atoms with Crippen LogP contribution in [-0.2, 0) is 19.1 Å². The molecule has 4 aromatic rings. The van der Waals surface area contributed by atoms with Gasteiger partial charge in [-0.1, -0.05) is 42.8 Å². The summed E-state index contributed by atoms with van der Waals surface area (Å²) in [5.74, 6) is 0.337. The fourth-order valence-corrected chi connectivity index (χ4v) is 5.18. The zero-order chi connectivity index (χ0) is 23.5. The minimum atomic E-state index is -4.48. The topological polar surface area (TPSA) is 21.1 Å². The van der Waals surface area contributed by atoms with E-state index in [2.05, 4.69) is 67.6 Å². The van der Waals surface area contributed by atoms with Crippen molar-refractivity contribution < 1.29 is 13.2 Å². The Morgan fingerprint density at radius 2 is 1.70 bits per heavy atom. The van der Waals surface area contributed by atoms with Crippen molar-refractivity contribution in [2.75, 3.05) is 11.4 Å². The van der Waals surface area contributed by atoms with E-state index in [-0.39, 0.29) is 0 Å². The first-order chi connectivity index (χ1) is 15.7. The van der Waals surface area contributed by atoms with Crippen LogP contribution < -0.4 is 4.90 Å². The zero-order valence-electron chi connectivity index (χ0n) is 19.2. The molecule has 2 aromatic heterocycles. The van der Waals surface area contributed by atoms with Gasteiger partial charge in [-0.15, -0.1) is 0 Å². The largest absolute Gasteiger partial charge is 0.433 e. The van der Waals surface area contributed by atoms with Gasteiger partial charge in [0, 0.05) is 24.2 Å². The molecule has 3 heterocycles. The number of halogens is 3. The summed E-state index contributed by atoms with van der Waals surface area (Å²) < 4.78 is 42.5. The number of anilines is 2. The number of rotatable bonds is 3. The van der Waals surface area contributed by atoms with Crippen LogP contribution in [0.4, 0.5) is 24.7 Å². The number of aromatic nitrogens is 2. The van der Waals surface area contributed by atoms with Crippen LogP contribution in [0.3, 0.4) is 0 Å². The molecule has 0 saturated carbocycles. The average molecular weight is 450 g/mol. The van der Waals surface area contributed by atoms with E-state index in [0.29, 0.717) is 18.9 Å². The molecule has 170 valence electrons. The Balaban J connectivity index is 1.81. The fourth-order valence-electron chi connectivity index (χ4n) is 5.18. The quantitative estimate of drug-likeness (QED) is 0.326. The van der Waals surface area contributed by atoms with Crippen molar-refractivity contribution in [2.24, 2.45) is 0 Å². The maximum atomic E-state index is 13.4. The van der Waals surface area contributed by atoms with Crippen LogP contribution >= 0.6 is 0 Å². The molecule has 0 aliphatic carbocycles. The van der Waals surface area contributed by atoms with Gasteiger partial charge in [0.2, 0.25) is 0 Å². The van der Waals surface area contributed by atoms with Gasteiger partial charge >= 0.3 is 6.18 Å². The van der Waals surface area contributed by atoms with E-state index in [1.54, 1.807) is 6.07 Å². The minimum absolute atomic E-state index is 0.337. The van der Waals surface area contributed by atoms with Gasteiger partial charge in [-0.05, 0) is 67.6 Å². The van der Waals surface area contributed by atoms with Gasteiger partial charge in [0.1, 0.15) is 11.5 Å². The van der Waals surface area contributed by atoms with Crippen LogP contribution in [0.5, 0.6) is 0 Å². The Hall–Kier alpha value is -3.28. The minimum Gasteiger partial charge on any atom is -0.341 e. The van der Waals surface area contributed by atoms with Crippen LogP contribution in [0.15, 0.2) is 48.5 Å². The van der Waals surface area contributed by atoms with Gasteiger partial charge in [-0.25, -0.2) is 4.98 Å². The molecule has 0 amide bonds. The molecule has 5 rings (SSSR count). The van der Waals surface area contributed by atoms with Gasteiger partial charge in [0.05, 0.1) is 11.2 Å². The summed E-state index contributed by atoms with van der Waals surface area (Å²) in [5, 5.41) is 1.14. The summed E-state index contributed by atoms with van der Waals surface area (Å²) in [6.45, 7) is 9.66. The number of pyridine rings is 1. The number of hydrogen-bond acceptors (Lipinski definition) is 2. The monoisotopic (exact) mass is 449 g/mol.